The van der Waals surface area contributed by atoms with Crippen LogP contribution in [-0.4, -0.2) is 19.4 Å². The Morgan fingerprint density at radius 2 is 2.00 bits per heavy atom. The first-order chi connectivity index (χ1) is 5.87. The summed E-state index contributed by atoms with van der Waals surface area (Å²) in [6, 6.07) is 1.22. The minimum atomic E-state index is -4.58. The third kappa shape index (κ3) is 3.27. The smallest absolute Gasteiger partial charge is 0.222 e. The maximum Gasteiger partial charge on any atom is 0.346 e. The second kappa shape index (κ2) is 4.51. The van der Waals surface area contributed by atoms with Crippen LogP contribution >= 0.6 is 0 Å². The first-order valence-corrected chi connectivity index (χ1v) is 5.49. The second-order valence-corrected chi connectivity index (χ2v) is 4.77. The van der Waals surface area contributed by atoms with Crippen molar-refractivity contribution in [2.24, 2.45) is 0 Å². The fourth-order valence-corrected chi connectivity index (χ4v) is 1.57. The van der Waals surface area contributed by atoms with Gasteiger partial charge in [-0.1, -0.05) is 13.3 Å². The molecular weight excluding hydrogens is 200 g/mol. The van der Waals surface area contributed by atoms with Crippen LogP contribution in [0, 0.1) is 11.3 Å². The number of nitriles is 1. The Morgan fingerprint density at radius 3 is 2.38 bits per heavy atom. The normalized spacial score (nSPS) is 12.5. The first-order valence-electron chi connectivity index (χ1n) is 3.84. The number of nitrogens with zero attached hydrogens (tertiary/aromatic N) is 1. The van der Waals surface area contributed by atoms with Crippen LogP contribution in [0.25, 0.3) is 0 Å². The zero-order valence-electron chi connectivity index (χ0n) is 7.26. The number of unbranched alkanes of at least 4 members (excludes halogenated alkanes) is 1. The highest BCUT2D eigenvalue weighted by Gasteiger charge is 2.43. The maximum absolute atomic E-state index is 12.8. The van der Waals surface area contributed by atoms with Gasteiger partial charge in [-0.15, -0.1) is 0 Å². The summed E-state index contributed by atoms with van der Waals surface area (Å²) < 4.78 is 47.2. The van der Waals surface area contributed by atoms with Crippen LogP contribution in [0.4, 0.5) is 8.78 Å². The summed E-state index contributed by atoms with van der Waals surface area (Å²) >= 11 is 0. The Kier molecular flexibility index (Phi) is 4.27. The molecule has 76 valence electrons. The van der Waals surface area contributed by atoms with Gasteiger partial charge in [-0.2, -0.15) is 14.0 Å². The van der Waals surface area contributed by atoms with E-state index in [1.807, 2.05) is 0 Å². The molecule has 6 heteroatoms. The average Bonchev–Trinajstić information content (AvgIpc) is 2.00. The van der Waals surface area contributed by atoms with Crippen LogP contribution in [0.1, 0.15) is 26.2 Å². The van der Waals surface area contributed by atoms with Crippen molar-refractivity contribution in [1.29, 1.82) is 5.26 Å². The van der Waals surface area contributed by atoms with Crippen LogP contribution in [0.15, 0.2) is 0 Å². The van der Waals surface area contributed by atoms with Gasteiger partial charge in [0.05, 0.1) is 6.07 Å². The maximum atomic E-state index is 12.8. The van der Waals surface area contributed by atoms with Crippen LogP contribution in [0.3, 0.4) is 0 Å². The fourth-order valence-electron chi connectivity index (χ4n) is 0.729. The molecule has 0 aromatic rings. The van der Waals surface area contributed by atoms with Gasteiger partial charge in [0.25, 0.3) is 0 Å². The molecule has 0 heterocycles. The molecule has 0 bridgehead atoms. The molecule has 0 aliphatic rings. The summed E-state index contributed by atoms with van der Waals surface area (Å²) in [5.74, 6) is -1.12. The van der Waals surface area contributed by atoms with Crippen molar-refractivity contribution in [2.45, 2.75) is 31.4 Å². The first kappa shape index (κ1) is 12.3. The molecule has 0 fully saturated rings. The van der Waals surface area contributed by atoms with Gasteiger partial charge in [0, 0.05) is 6.42 Å². The van der Waals surface area contributed by atoms with E-state index in [2.05, 4.69) is 0 Å². The van der Waals surface area contributed by atoms with Crippen molar-refractivity contribution < 1.29 is 17.2 Å². The summed E-state index contributed by atoms with van der Waals surface area (Å²) in [5.41, 5.74) is 0. The van der Waals surface area contributed by atoms with Gasteiger partial charge in [-0.25, -0.2) is 8.42 Å². The third-order valence-corrected chi connectivity index (χ3v) is 3.15. The SMILES string of the molecule is CCCCC(F)(F)S(=O)(=O)CC#N. The van der Waals surface area contributed by atoms with Crippen molar-refractivity contribution in [1.82, 2.24) is 0 Å². The van der Waals surface area contributed by atoms with E-state index in [1.54, 1.807) is 6.92 Å². The van der Waals surface area contributed by atoms with Crippen LogP contribution in [0.2, 0.25) is 0 Å². The van der Waals surface area contributed by atoms with Crippen LogP contribution in [0.5, 0.6) is 0 Å². The lowest BCUT2D eigenvalue weighted by molar-refractivity contribution is 0.0799. The molecule has 0 aliphatic heterocycles. The van der Waals surface area contributed by atoms with Crippen molar-refractivity contribution in [3.63, 3.8) is 0 Å². The molecule has 0 radical (unpaired) electrons. The Labute approximate surface area is 76.3 Å². The number of hydrogen-bond acceptors (Lipinski definition) is 3. The lowest BCUT2D eigenvalue weighted by atomic mass is 10.3. The van der Waals surface area contributed by atoms with Gasteiger partial charge in [-0.3, -0.25) is 0 Å². The van der Waals surface area contributed by atoms with Crippen molar-refractivity contribution in [3.05, 3.63) is 0 Å². The standard InChI is InChI=1S/C7H11F2NO2S/c1-2-3-4-7(8,9)13(11,12)6-5-10/h2-4,6H2,1H3. The molecule has 0 atom stereocenters. The van der Waals surface area contributed by atoms with E-state index in [1.165, 1.54) is 6.07 Å². The Balaban J connectivity index is 4.54. The minimum Gasteiger partial charge on any atom is -0.222 e. The molecule has 0 saturated heterocycles. The summed E-state index contributed by atoms with van der Waals surface area (Å²) in [5, 5.41) is 4.28. The van der Waals surface area contributed by atoms with Gasteiger partial charge in [0.1, 0.15) is 5.75 Å². The van der Waals surface area contributed by atoms with Crippen molar-refractivity contribution >= 4 is 9.84 Å². The average molecular weight is 211 g/mol. The van der Waals surface area contributed by atoms with E-state index in [9.17, 15) is 17.2 Å². The summed E-state index contributed by atoms with van der Waals surface area (Å²) in [6.45, 7) is 1.69. The van der Waals surface area contributed by atoms with Crippen molar-refractivity contribution in [2.75, 3.05) is 5.75 Å². The molecule has 0 spiro atoms. The highest BCUT2D eigenvalue weighted by Crippen LogP contribution is 2.28. The molecule has 3 nitrogen and oxygen atoms in total. The third-order valence-electron chi connectivity index (χ3n) is 1.53. The van der Waals surface area contributed by atoms with E-state index in [0.29, 0.717) is 6.42 Å². The quantitative estimate of drug-likeness (QED) is 0.695. The lowest BCUT2D eigenvalue weighted by Gasteiger charge is -2.13. The summed E-state index contributed by atoms with van der Waals surface area (Å²) in [4.78, 5) is 0. The Morgan fingerprint density at radius 1 is 1.46 bits per heavy atom. The molecular formula is C7H11F2NO2S. The van der Waals surface area contributed by atoms with E-state index < -0.39 is 27.3 Å². The van der Waals surface area contributed by atoms with Crippen LogP contribution in [-0.2, 0) is 9.84 Å². The molecule has 0 aliphatic carbocycles. The number of halogens is 2. The number of sulfone groups is 1. The van der Waals surface area contributed by atoms with E-state index in [-0.39, 0.29) is 6.42 Å². The molecule has 0 unspecified atom stereocenters. The van der Waals surface area contributed by atoms with Crippen molar-refractivity contribution in [3.8, 4) is 6.07 Å². The Bertz CT molecular complexity index is 292. The molecule has 13 heavy (non-hydrogen) atoms. The molecule has 0 saturated carbocycles. The van der Waals surface area contributed by atoms with Gasteiger partial charge < -0.3 is 0 Å². The summed E-state index contributed by atoms with van der Waals surface area (Å²) in [7, 11) is -4.58. The van der Waals surface area contributed by atoms with E-state index >= 15 is 0 Å². The summed E-state index contributed by atoms with van der Waals surface area (Å²) in [6.07, 6.45) is -0.0666. The number of rotatable bonds is 5. The van der Waals surface area contributed by atoms with Crippen LogP contribution < -0.4 is 0 Å². The molecule has 0 amide bonds. The predicted octanol–water partition coefficient (Wildman–Crippen LogP) is 1.71. The monoisotopic (exact) mass is 211 g/mol. The van der Waals surface area contributed by atoms with Gasteiger partial charge in [0.15, 0.2) is 0 Å². The number of hydrogen-bond donors (Lipinski definition) is 0. The van der Waals surface area contributed by atoms with E-state index in [0.717, 1.165) is 0 Å². The molecule has 0 aromatic carbocycles. The predicted molar refractivity (Wildman–Crippen MR) is 43.9 cm³/mol. The lowest BCUT2D eigenvalue weighted by Crippen LogP contribution is -2.30. The van der Waals surface area contributed by atoms with Gasteiger partial charge in [0.2, 0.25) is 9.84 Å². The van der Waals surface area contributed by atoms with E-state index in [4.69, 9.17) is 5.26 Å². The molecule has 0 aromatic heterocycles. The zero-order valence-corrected chi connectivity index (χ0v) is 8.07. The Hall–Kier alpha value is -0.700. The topological polar surface area (TPSA) is 57.9 Å². The minimum absolute atomic E-state index is 0.137. The highest BCUT2D eigenvalue weighted by molar-refractivity contribution is 7.92. The zero-order chi connectivity index (χ0) is 10.5. The number of alkyl halides is 2. The molecule has 0 N–H and O–H groups in total. The van der Waals surface area contributed by atoms with Gasteiger partial charge >= 0.3 is 5.25 Å². The highest BCUT2D eigenvalue weighted by atomic mass is 32.2. The largest absolute Gasteiger partial charge is 0.346 e. The fraction of sp³-hybridized carbons (Fsp3) is 0.857. The second-order valence-electron chi connectivity index (χ2n) is 2.66. The van der Waals surface area contributed by atoms with Gasteiger partial charge in [-0.05, 0) is 6.42 Å². The molecule has 0 rings (SSSR count).